The van der Waals surface area contributed by atoms with Gasteiger partial charge in [0.05, 0.1) is 33.1 Å². The zero-order valence-electron chi connectivity index (χ0n) is 20.5. The number of rotatable bonds is 8. The average molecular weight is 500 g/mol. The number of hydrogen-bond donors (Lipinski definition) is 0. The second-order valence-electron chi connectivity index (χ2n) is 8.17. The molecular weight excluding hydrogens is 471 g/mol. The van der Waals surface area contributed by atoms with Gasteiger partial charge in [-0.05, 0) is 48.5 Å². The normalized spacial score (nSPS) is 11.0. The Kier molecular flexibility index (Phi) is 7.82. The van der Waals surface area contributed by atoms with Crippen molar-refractivity contribution in [2.75, 3.05) is 21.3 Å². The van der Waals surface area contributed by atoms with Crippen molar-refractivity contribution in [3.05, 3.63) is 120 Å². The summed E-state index contributed by atoms with van der Waals surface area (Å²) in [5.41, 5.74) is 1.27. The molecule has 4 aromatic rings. The van der Waals surface area contributed by atoms with Crippen molar-refractivity contribution in [3.8, 4) is 5.75 Å². The quantitative estimate of drug-likeness (QED) is 0.258. The summed E-state index contributed by atoms with van der Waals surface area (Å²) >= 11 is 0. The number of methoxy groups -OCH3 is 3. The lowest BCUT2D eigenvalue weighted by atomic mass is 10.0. The summed E-state index contributed by atoms with van der Waals surface area (Å²) in [5.74, 6) is -0.758. The first-order valence-corrected chi connectivity index (χ1v) is 13.4. The molecule has 0 aliphatic heterocycles. The molecule has 6 heteroatoms. The fraction of sp³-hybridized carbons (Fsp3) is 0.133. The lowest BCUT2D eigenvalue weighted by molar-refractivity contribution is 0.0582. The number of carbonyl (C=O) groups excluding carboxylic acids is 2. The van der Waals surface area contributed by atoms with Gasteiger partial charge in [0, 0.05) is 5.56 Å². The first-order chi connectivity index (χ1) is 17.5. The first kappa shape index (κ1) is 25.2. The molecule has 5 nitrogen and oxygen atoms in total. The van der Waals surface area contributed by atoms with Crippen molar-refractivity contribution in [1.29, 1.82) is 0 Å². The SMILES string of the molecule is COC(=O)c1cc(C[P+](c2ccccc2)(c2ccccc2)c2ccccc2)c(C(=O)OC)c(OC)c1. The van der Waals surface area contributed by atoms with Gasteiger partial charge in [-0.15, -0.1) is 0 Å². The van der Waals surface area contributed by atoms with E-state index in [9.17, 15) is 9.59 Å². The molecule has 0 radical (unpaired) electrons. The minimum atomic E-state index is -2.36. The van der Waals surface area contributed by atoms with Crippen molar-refractivity contribution in [2.45, 2.75) is 6.16 Å². The van der Waals surface area contributed by atoms with E-state index in [4.69, 9.17) is 14.2 Å². The second kappa shape index (κ2) is 11.2. The molecule has 0 N–H and O–H groups in total. The third-order valence-corrected chi connectivity index (χ3v) is 10.6. The van der Waals surface area contributed by atoms with Crippen molar-refractivity contribution in [1.82, 2.24) is 0 Å². The van der Waals surface area contributed by atoms with Crippen LogP contribution in [0.4, 0.5) is 0 Å². The Morgan fingerprint density at radius 3 is 1.47 bits per heavy atom. The predicted octanol–water partition coefficient (Wildman–Crippen LogP) is 4.76. The van der Waals surface area contributed by atoms with Crippen molar-refractivity contribution in [2.24, 2.45) is 0 Å². The second-order valence-corrected chi connectivity index (χ2v) is 11.7. The third-order valence-electron chi connectivity index (χ3n) is 6.21. The lowest BCUT2D eigenvalue weighted by Crippen LogP contribution is -2.33. The monoisotopic (exact) mass is 499 g/mol. The zero-order chi connectivity index (χ0) is 25.5. The molecule has 4 rings (SSSR count). The summed E-state index contributed by atoms with van der Waals surface area (Å²) in [4.78, 5) is 25.6. The van der Waals surface area contributed by atoms with Crippen LogP contribution in [0, 0.1) is 0 Å². The molecule has 4 aromatic carbocycles. The van der Waals surface area contributed by atoms with Crippen LogP contribution in [0.15, 0.2) is 103 Å². The highest BCUT2D eigenvalue weighted by atomic mass is 31.2. The predicted molar refractivity (Wildman–Crippen MR) is 145 cm³/mol. The highest BCUT2D eigenvalue weighted by molar-refractivity contribution is 7.95. The molecule has 0 bridgehead atoms. The summed E-state index contributed by atoms with van der Waals surface area (Å²) in [5, 5.41) is 3.46. The molecular formula is C30H28O5P+. The van der Waals surface area contributed by atoms with E-state index in [2.05, 4.69) is 36.4 Å². The molecule has 0 fully saturated rings. The molecule has 0 aromatic heterocycles. The van der Waals surface area contributed by atoms with Gasteiger partial charge < -0.3 is 14.2 Å². The molecule has 0 aliphatic rings. The smallest absolute Gasteiger partial charge is 0.342 e. The minimum absolute atomic E-state index is 0.270. The van der Waals surface area contributed by atoms with Crippen molar-refractivity contribution < 1.29 is 23.8 Å². The third kappa shape index (κ3) is 4.75. The maximum absolute atomic E-state index is 13.1. The Hall–Kier alpha value is -3.95. The summed E-state index contributed by atoms with van der Waals surface area (Å²) in [6.07, 6.45) is 0.469. The molecule has 36 heavy (non-hydrogen) atoms. The van der Waals surface area contributed by atoms with Crippen LogP contribution < -0.4 is 20.7 Å². The molecule has 0 aliphatic carbocycles. The van der Waals surface area contributed by atoms with Crippen LogP contribution in [0.25, 0.3) is 0 Å². The maximum Gasteiger partial charge on any atom is 0.342 e. The number of benzene rings is 4. The molecule has 0 heterocycles. The molecule has 0 saturated carbocycles. The topological polar surface area (TPSA) is 61.8 Å². The van der Waals surface area contributed by atoms with Gasteiger partial charge in [0.25, 0.3) is 0 Å². The molecule has 0 saturated heterocycles. The average Bonchev–Trinajstić information content (AvgIpc) is 2.95. The summed E-state index contributed by atoms with van der Waals surface area (Å²) < 4.78 is 15.7. The standard InChI is InChI=1S/C30H28O5P/c1-33-27-20-22(29(31)34-2)19-23(28(27)30(32)35-3)21-36(24-13-7-4-8-14-24,25-15-9-5-10-16-25)26-17-11-6-12-18-26/h4-20H,21H2,1-3H3/q+1. The molecule has 0 spiro atoms. The fourth-order valence-corrected chi connectivity index (χ4v) is 8.80. The van der Waals surface area contributed by atoms with E-state index in [0.29, 0.717) is 22.9 Å². The van der Waals surface area contributed by atoms with Gasteiger partial charge >= 0.3 is 11.9 Å². The Balaban J connectivity index is 2.08. The van der Waals surface area contributed by atoms with Crippen LogP contribution in [0.2, 0.25) is 0 Å². The Morgan fingerprint density at radius 1 is 0.639 bits per heavy atom. The highest BCUT2D eigenvalue weighted by Crippen LogP contribution is 2.58. The van der Waals surface area contributed by atoms with Crippen LogP contribution in [0.1, 0.15) is 26.3 Å². The van der Waals surface area contributed by atoms with Gasteiger partial charge in [-0.1, -0.05) is 54.6 Å². The Bertz CT molecular complexity index is 1240. The summed E-state index contributed by atoms with van der Waals surface area (Å²) in [6, 6.07) is 34.2. The number of esters is 2. The van der Waals surface area contributed by atoms with Crippen molar-refractivity contribution >= 4 is 35.1 Å². The highest BCUT2D eigenvalue weighted by Gasteiger charge is 2.46. The van der Waals surface area contributed by atoms with Gasteiger partial charge in [-0.25, -0.2) is 9.59 Å². The van der Waals surface area contributed by atoms with Gasteiger partial charge in [-0.3, -0.25) is 0 Å². The molecule has 0 atom stereocenters. The molecule has 0 unspecified atom stereocenters. The van der Waals surface area contributed by atoms with E-state index in [-0.39, 0.29) is 5.75 Å². The largest absolute Gasteiger partial charge is 0.496 e. The van der Waals surface area contributed by atoms with Crippen LogP contribution in [-0.4, -0.2) is 33.3 Å². The van der Waals surface area contributed by atoms with E-state index in [1.54, 1.807) is 6.07 Å². The van der Waals surface area contributed by atoms with Crippen molar-refractivity contribution in [3.63, 3.8) is 0 Å². The van der Waals surface area contributed by atoms with E-state index in [1.807, 2.05) is 54.6 Å². The maximum atomic E-state index is 13.1. The Labute approximate surface area is 212 Å². The van der Waals surface area contributed by atoms with E-state index in [1.165, 1.54) is 27.4 Å². The van der Waals surface area contributed by atoms with Gasteiger partial charge in [0.15, 0.2) is 0 Å². The van der Waals surface area contributed by atoms with E-state index < -0.39 is 19.2 Å². The zero-order valence-corrected chi connectivity index (χ0v) is 21.4. The summed E-state index contributed by atoms with van der Waals surface area (Å²) in [6.45, 7) is 0. The molecule has 182 valence electrons. The van der Waals surface area contributed by atoms with Gasteiger partial charge in [-0.2, -0.15) is 0 Å². The van der Waals surface area contributed by atoms with Crippen LogP contribution in [-0.2, 0) is 15.6 Å². The van der Waals surface area contributed by atoms with E-state index in [0.717, 1.165) is 15.9 Å². The summed E-state index contributed by atoms with van der Waals surface area (Å²) in [7, 11) is 1.79. The van der Waals surface area contributed by atoms with Gasteiger partial charge in [0.1, 0.15) is 34.5 Å². The lowest BCUT2D eigenvalue weighted by Gasteiger charge is -2.28. The minimum Gasteiger partial charge on any atom is -0.496 e. The van der Waals surface area contributed by atoms with E-state index >= 15 is 0 Å². The molecule has 0 amide bonds. The number of hydrogen-bond acceptors (Lipinski definition) is 5. The van der Waals surface area contributed by atoms with Crippen LogP contribution in [0.3, 0.4) is 0 Å². The van der Waals surface area contributed by atoms with Crippen LogP contribution in [0.5, 0.6) is 5.75 Å². The first-order valence-electron chi connectivity index (χ1n) is 11.5. The van der Waals surface area contributed by atoms with Gasteiger partial charge in [0.2, 0.25) is 0 Å². The Morgan fingerprint density at radius 2 is 1.08 bits per heavy atom. The number of carbonyl (C=O) groups is 2. The number of ether oxygens (including phenoxy) is 3. The van der Waals surface area contributed by atoms with Crippen LogP contribution >= 0.6 is 7.26 Å². The fourth-order valence-electron chi connectivity index (χ4n) is 4.55.